The maximum atomic E-state index is 10.3. The summed E-state index contributed by atoms with van der Waals surface area (Å²) < 4.78 is 0. The number of β-amino-alcohol motifs (C(OH)–C–C–N with tert-alkyl or cyclic N) is 1. The van der Waals surface area contributed by atoms with E-state index < -0.39 is 6.10 Å². The third-order valence-corrected chi connectivity index (χ3v) is 4.43. The Morgan fingerprint density at radius 3 is 2.19 bits per heavy atom. The average Bonchev–Trinajstić information content (AvgIpc) is 2.47. The third-order valence-electron chi connectivity index (χ3n) is 4.17. The van der Waals surface area contributed by atoms with Crippen molar-refractivity contribution >= 4 is 11.6 Å². The number of nitrogens with zero attached hydrogens (tertiary/aromatic N) is 2. The van der Waals surface area contributed by atoms with Crippen LogP contribution in [0.15, 0.2) is 24.3 Å². The van der Waals surface area contributed by atoms with Crippen LogP contribution in [0, 0.1) is 5.92 Å². The highest BCUT2D eigenvalue weighted by Crippen LogP contribution is 2.18. The highest BCUT2D eigenvalue weighted by atomic mass is 35.5. The van der Waals surface area contributed by atoms with E-state index in [9.17, 15) is 5.11 Å². The van der Waals surface area contributed by atoms with Crippen LogP contribution in [0.4, 0.5) is 0 Å². The molecule has 118 valence electrons. The lowest BCUT2D eigenvalue weighted by Crippen LogP contribution is -2.47. The largest absolute Gasteiger partial charge is 0.387 e. The fourth-order valence-corrected chi connectivity index (χ4v) is 2.80. The Hall–Kier alpha value is -0.610. The van der Waals surface area contributed by atoms with Gasteiger partial charge in [-0.3, -0.25) is 4.90 Å². The van der Waals surface area contributed by atoms with Gasteiger partial charge in [0.15, 0.2) is 0 Å². The first kappa shape index (κ1) is 16.8. The topological polar surface area (TPSA) is 26.7 Å². The highest BCUT2D eigenvalue weighted by Gasteiger charge is 2.19. The van der Waals surface area contributed by atoms with E-state index >= 15 is 0 Å². The predicted octanol–water partition coefficient (Wildman–Crippen LogP) is 3.04. The fourth-order valence-electron chi connectivity index (χ4n) is 2.67. The van der Waals surface area contributed by atoms with E-state index in [1.807, 2.05) is 24.3 Å². The van der Waals surface area contributed by atoms with Crippen LogP contribution >= 0.6 is 11.6 Å². The Morgan fingerprint density at radius 2 is 1.62 bits per heavy atom. The summed E-state index contributed by atoms with van der Waals surface area (Å²) in [4.78, 5) is 4.89. The number of hydrogen-bond donors (Lipinski definition) is 1. The van der Waals surface area contributed by atoms with Crippen molar-refractivity contribution in [2.75, 3.05) is 39.3 Å². The van der Waals surface area contributed by atoms with Crippen LogP contribution in [0.5, 0.6) is 0 Å². The Labute approximate surface area is 133 Å². The minimum atomic E-state index is -0.426. The van der Waals surface area contributed by atoms with Gasteiger partial charge in [-0.15, -0.1) is 0 Å². The number of aliphatic hydroxyl groups is 1. The van der Waals surface area contributed by atoms with Gasteiger partial charge in [-0.05, 0) is 36.6 Å². The first-order valence-corrected chi connectivity index (χ1v) is 8.30. The summed E-state index contributed by atoms with van der Waals surface area (Å²) in [5.74, 6) is 0.773. The molecule has 2 rings (SSSR count). The van der Waals surface area contributed by atoms with Gasteiger partial charge in [0.25, 0.3) is 0 Å². The van der Waals surface area contributed by atoms with Gasteiger partial charge in [0.1, 0.15) is 0 Å². The number of aliphatic hydroxyl groups excluding tert-OH is 1. The van der Waals surface area contributed by atoms with E-state index in [-0.39, 0.29) is 0 Å². The Bertz CT molecular complexity index is 413. The van der Waals surface area contributed by atoms with E-state index in [0.29, 0.717) is 11.6 Å². The molecule has 1 unspecified atom stereocenters. The Morgan fingerprint density at radius 1 is 1.05 bits per heavy atom. The average molecular weight is 311 g/mol. The minimum Gasteiger partial charge on any atom is -0.387 e. The van der Waals surface area contributed by atoms with Crippen molar-refractivity contribution < 1.29 is 5.11 Å². The summed E-state index contributed by atoms with van der Waals surface area (Å²) in [6, 6.07) is 7.49. The van der Waals surface area contributed by atoms with E-state index in [1.54, 1.807) is 0 Å². The molecular formula is C17H27ClN2O. The zero-order valence-corrected chi connectivity index (χ0v) is 13.9. The van der Waals surface area contributed by atoms with Crippen LogP contribution in [0.25, 0.3) is 0 Å². The molecule has 1 aromatic rings. The molecule has 3 nitrogen and oxygen atoms in total. The normalized spacial score (nSPS) is 19.1. The summed E-state index contributed by atoms with van der Waals surface area (Å²) in [6.45, 7) is 10.8. The molecular weight excluding hydrogens is 284 g/mol. The highest BCUT2D eigenvalue weighted by molar-refractivity contribution is 6.30. The minimum absolute atomic E-state index is 0.426. The van der Waals surface area contributed by atoms with Crippen molar-refractivity contribution in [3.05, 3.63) is 34.9 Å². The van der Waals surface area contributed by atoms with Crippen LogP contribution < -0.4 is 0 Å². The van der Waals surface area contributed by atoms with Crippen LogP contribution in [-0.4, -0.2) is 54.2 Å². The van der Waals surface area contributed by atoms with Crippen molar-refractivity contribution in [3.63, 3.8) is 0 Å². The lowest BCUT2D eigenvalue weighted by molar-refractivity contribution is 0.0711. The molecule has 1 atom stereocenters. The summed E-state index contributed by atoms with van der Waals surface area (Å²) in [5.41, 5.74) is 0.946. The number of rotatable bonds is 6. The number of halogens is 1. The maximum Gasteiger partial charge on any atom is 0.0916 e. The molecule has 0 saturated carbocycles. The monoisotopic (exact) mass is 310 g/mol. The van der Waals surface area contributed by atoms with E-state index in [2.05, 4.69) is 23.6 Å². The Balaban J connectivity index is 1.74. The molecule has 1 N–H and O–H groups in total. The standard InChI is InChI=1S/C17H27ClN2O/c1-14(2)7-8-19-9-11-20(12-10-19)13-17(21)15-3-5-16(18)6-4-15/h3-6,14,17,21H,7-13H2,1-2H3. The quantitative estimate of drug-likeness (QED) is 0.875. The molecule has 4 heteroatoms. The molecule has 1 saturated heterocycles. The van der Waals surface area contributed by atoms with Gasteiger partial charge < -0.3 is 10.0 Å². The molecule has 0 amide bonds. The van der Waals surface area contributed by atoms with Gasteiger partial charge in [0.2, 0.25) is 0 Å². The molecule has 1 aromatic carbocycles. The van der Waals surface area contributed by atoms with Gasteiger partial charge in [-0.2, -0.15) is 0 Å². The molecule has 0 aliphatic carbocycles. The molecule has 1 heterocycles. The van der Waals surface area contributed by atoms with Crippen molar-refractivity contribution in [2.24, 2.45) is 5.92 Å². The van der Waals surface area contributed by atoms with Crippen molar-refractivity contribution in [2.45, 2.75) is 26.4 Å². The van der Waals surface area contributed by atoms with Gasteiger partial charge in [0, 0.05) is 37.7 Å². The number of benzene rings is 1. The second-order valence-corrected chi connectivity index (χ2v) is 6.83. The molecule has 1 aliphatic rings. The number of piperazine rings is 1. The molecule has 0 spiro atoms. The summed E-state index contributed by atoms with van der Waals surface area (Å²) in [7, 11) is 0. The fraction of sp³-hybridized carbons (Fsp3) is 0.647. The first-order chi connectivity index (χ1) is 10.0. The van der Waals surface area contributed by atoms with Gasteiger partial charge in [-0.25, -0.2) is 0 Å². The van der Waals surface area contributed by atoms with Crippen LogP contribution in [-0.2, 0) is 0 Å². The van der Waals surface area contributed by atoms with Crippen molar-refractivity contribution in [1.82, 2.24) is 9.80 Å². The molecule has 1 fully saturated rings. The molecule has 0 bridgehead atoms. The molecule has 21 heavy (non-hydrogen) atoms. The third kappa shape index (κ3) is 5.59. The SMILES string of the molecule is CC(C)CCN1CCN(CC(O)c2ccc(Cl)cc2)CC1. The second kappa shape index (κ2) is 8.14. The zero-order valence-electron chi connectivity index (χ0n) is 13.1. The van der Waals surface area contributed by atoms with Gasteiger partial charge in [0.05, 0.1) is 6.10 Å². The van der Waals surface area contributed by atoms with E-state index in [0.717, 1.165) is 37.7 Å². The Kier molecular flexibility index (Phi) is 6.49. The van der Waals surface area contributed by atoms with Crippen LogP contribution in [0.2, 0.25) is 5.02 Å². The maximum absolute atomic E-state index is 10.3. The molecule has 0 aromatic heterocycles. The van der Waals surface area contributed by atoms with E-state index in [1.165, 1.54) is 13.0 Å². The van der Waals surface area contributed by atoms with E-state index in [4.69, 9.17) is 11.6 Å². The lowest BCUT2D eigenvalue weighted by Gasteiger charge is -2.36. The molecule has 1 aliphatic heterocycles. The lowest BCUT2D eigenvalue weighted by atomic mass is 10.1. The molecule has 0 radical (unpaired) electrons. The predicted molar refractivity (Wildman–Crippen MR) is 88.7 cm³/mol. The number of hydrogen-bond acceptors (Lipinski definition) is 3. The van der Waals surface area contributed by atoms with Crippen LogP contribution in [0.1, 0.15) is 31.9 Å². The van der Waals surface area contributed by atoms with Gasteiger partial charge in [-0.1, -0.05) is 37.6 Å². The van der Waals surface area contributed by atoms with Gasteiger partial charge >= 0.3 is 0 Å². The zero-order chi connectivity index (χ0) is 15.2. The van der Waals surface area contributed by atoms with Crippen molar-refractivity contribution in [1.29, 1.82) is 0 Å². The first-order valence-electron chi connectivity index (χ1n) is 7.93. The van der Waals surface area contributed by atoms with Crippen molar-refractivity contribution in [3.8, 4) is 0 Å². The summed E-state index contributed by atoms with van der Waals surface area (Å²) >= 11 is 5.88. The smallest absolute Gasteiger partial charge is 0.0916 e. The van der Waals surface area contributed by atoms with Crippen LogP contribution in [0.3, 0.4) is 0 Å². The second-order valence-electron chi connectivity index (χ2n) is 6.39. The summed E-state index contributed by atoms with van der Waals surface area (Å²) in [6.07, 6.45) is 0.845. The summed E-state index contributed by atoms with van der Waals surface area (Å²) in [5, 5.41) is 11.0.